The van der Waals surface area contributed by atoms with Gasteiger partial charge in [0.25, 0.3) is 0 Å². The topological polar surface area (TPSA) is 96.9 Å². The van der Waals surface area contributed by atoms with Gasteiger partial charge in [-0.25, -0.2) is 9.59 Å². The summed E-state index contributed by atoms with van der Waals surface area (Å²) in [6.07, 6.45) is -0.204. The molecule has 1 saturated heterocycles. The lowest BCUT2D eigenvalue weighted by molar-refractivity contribution is -0.139. The first-order valence-corrected chi connectivity index (χ1v) is 6.68. The molecule has 2 atom stereocenters. The summed E-state index contributed by atoms with van der Waals surface area (Å²) < 4.78 is 10.6. The van der Waals surface area contributed by atoms with Crippen LogP contribution >= 0.6 is 0 Å². The molecule has 1 fully saturated rings. The maximum Gasteiger partial charge on any atom is 0.330 e. The van der Waals surface area contributed by atoms with Gasteiger partial charge in [-0.2, -0.15) is 0 Å². The highest BCUT2D eigenvalue weighted by molar-refractivity contribution is 5.83. The highest BCUT2D eigenvalue weighted by atomic mass is 16.6. The standard InChI is InChI=1S/C14H18N2O5/c17-13(18)12(10-4-2-1-3-5-10)16-14(19)15-8-11-9-20-6-7-21-11/h1-5,11-12H,6-9H2,(H,17,18)(H2,15,16,19)/t11?,12-/m0/s1. The summed E-state index contributed by atoms with van der Waals surface area (Å²) in [6.45, 7) is 1.74. The molecule has 7 heteroatoms. The van der Waals surface area contributed by atoms with Gasteiger partial charge in [-0.15, -0.1) is 0 Å². The van der Waals surface area contributed by atoms with E-state index in [1.54, 1.807) is 30.3 Å². The van der Waals surface area contributed by atoms with Crippen molar-refractivity contribution in [2.24, 2.45) is 0 Å². The Bertz CT molecular complexity index is 474. The van der Waals surface area contributed by atoms with Gasteiger partial charge in [-0.3, -0.25) is 0 Å². The number of aliphatic carboxylic acids is 1. The Morgan fingerprint density at radius 2 is 2.05 bits per heavy atom. The summed E-state index contributed by atoms with van der Waals surface area (Å²) in [6, 6.07) is 6.88. The van der Waals surface area contributed by atoms with E-state index in [1.807, 2.05) is 0 Å². The second-order valence-electron chi connectivity index (χ2n) is 4.60. The first-order valence-electron chi connectivity index (χ1n) is 6.68. The summed E-state index contributed by atoms with van der Waals surface area (Å²) in [7, 11) is 0. The zero-order valence-corrected chi connectivity index (χ0v) is 11.5. The van der Waals surface area contributed by atoms with Gasteiger partial charge in [0.05, 0.1) is 25.9 Å². The van der Waals surface area contributed by atoms with Crippen molar-refractivity contribution in [2.75, 3.05) is 26.4 Å². The zero-order chi connectivity index (χ0) is 15.1. The third-order valence-corrected chi connectivity index (χ3v) is 3.03. The van der Waals surface area contributed by atoms with Crippen LogP contribution in [0.15, 0.2) is 30.3 Å². The third kappa shape index (κ3) is 4.73. The van der Waals surface area contributed by atoms with Gasteiger partial charge < -0.3 is 25.2 Å². The molecule has 0 spiro atoms. The van der Waals surface area contributed by atoms with Crippen molar-refractivity contribution in [3.63, 3.8) is 0 Å². The predicted molar refractivity (Wildman–Crippen MR) is 73.9 cm³/mol. The van der Waals surface area contributed by atoms with Gasteiger partial charge >= 0.3 is 12.0 Å². The molecule has 1 unspecified atom stereocenters. The monoisotopic (exact) mass is 294 g/mol. The summed E-state index contributed by atoms with van der Waals surface area (Å²) >= 11 is 0. The molecule has 0 aliphatic carbocycles. The Kier molecular flexibility index (Phi) is 5.53. The highest BCUT2D eigenvalue weighted by Gasteiger charge is 2.22. The molecule has 0 saturated carbocycles. The fourth-order valence-electron chi connectivity index (χ4n) is 1.98. The van der Waals surface area contributed by atoms with Crippen LogP contribution in [0.3, 0.4) is 0 Å². The highest BCUT2D eigenvalue weighted by Crippen LogP contribution is 2.12. The zero-order valence-electron chi connectivity index (χ0n) is 11.5. The molecule has 1 aromatic carbocycles. The molecule has 114 valence electrons. The Balaban J connectivity index is 1.85. The lowest BCUT2D eigenvalue weighted by Gasteiger charge is -2.23. The van der Waals surface area contributed by atoms with Crippen molar-refractivity contribution in [1.29, 1.82) is 0 Å². The van der Waals surface area contributed by atoms with Crippen LogP contribution in [0.25, 0.3) is 0 Å². The molecule has 0 radical (unpaired) electrons. The van der Waals surface area contributed by atoms with E-state index >= 15 is 0 Å². The van der Waals surface area contributed by atoms with Crippen molar-refractivity contribution >= 4 is 12.0 Å². The minimum Gasteiger partial charge on any atom is -0.479 e. The third-order valence-electron chi connectivity index (χ3n) is 3.03. The molecule has 1 heterocycles. The fourth-order valence-corrected chi connectivity index (χ4v) is 1.98. The smallest absolute Gasteiger partial charge is 0.330 e. The largest absolute Gasteiger partial charge is 0.479 e. The maximum atomic E-state index is 11.8. The molecular formula is C14H18N2O5. The first-order chi connectivity index (χ1) is 10.2. The van der Waals surface area contributed by atoms with Gasteiger partial charge in [0.15, 0.2) is 6.04 Å². The van der Waals surface area contributed by atoms with Gasteiger partial charge in [0, 0.05) is 6.54 Å². The number of nitrogens with one attached hydrogen (secondary N) is 2. The maximum absolute atomic E-state index is 11.8. The van der Waals surface area contributed by atoms with Crippen LogP contribution in [-0.2, 0) is 14.3 Å². The second-order valence-corrected chi connectivity index (χ2v) is 4.60. The summed E-state index contributed by atoms with van der Waals surface area (Å²) in [5, 5.41) is 14.2. The van der Waals surface area contributed by atoms with E-state index < -0.39 is 18.0 Å². The van der Waals surface area contributed by atoms with Gasteiger partial charge in [-0.1, -0.05) is 30.3 Å². The second kappa shape index (κ2) is 7.61. The Morgan fingerprint density at radius 1 is 1.29 bits per heavy atom. The van der Waals surface area contributed by atoms with Crippen LogP contribution in [0.4, 0.5) is 4.79 Å². The van der Waals surface area contributed by atoms with Crippen LogP contribution in [0.1, 0.15) is 11.6 Å². The summed E-state index contributed by atoms with van der Waals surface area (Å²) in [5.74, 6) is -1.12. The number of carbonyl (C=O) groups excluding carboxylic acids is 1. The number of hydrogen-bond donors (Lipinski definition) is 3. The minimum absolute atomic E-state index is 0.204. The van der Waals surface area contributed by atoms with Crippen molar-refractivity contribution < 1.29 is 24.2 Å². The normalized spacial score (nSPS) is 19.5. The molecule has 1 aromatic rings. The lowest BCUT2D eigenvalue weighted by atomic mass is 10.1. The lowest BCUT2D eigenvalue weighted by Crippen LogP contribution is -2.45. The van der Waals surface area contributed by atoms with Crippen molar-refractivity contribution in [3.05, 3.63) is 35.9 Å². The summed E-state index contributed by atoms with van der Waals surface area (Å²) in [4.78, 5) is 23.0. The summed E-state index contributed by atoms with van der Waals surface area (Å²) in [5.41, 5.74) is 0.511. The van der Waals surface area contributed by atoms with E-state index in [1.165, 1.54) is 0 Å². The first kappa shape index (κ1) is 15.3. The predicted octanol–water partition coefficient (Wildman–Crippen LogP) is 0.527. The average Bonchev–Trinajstić information content (AvgIpc) is 2.52. The molecular weight excluding hydrogens is 276 g/mol. The average molecular weight is 294 g/mol. The van der Waals surface area contributed by atoms with Crippen LogP contribution in [-0.4, -0.2) is 49.6 Å². The van der Waals surface area contributed by atoms with E-state index in [0.717, 1.165) is 0 Å². The van der Waals surface area contributed by atoms with Crippen molar-refractivity contribution in [2.45, 2.75) is 12.1 Å². The van der Waals surface area contributed by atoms with Crippen LogP contribution in [0.2, 0.25) is 0 Å². The number of hydrogen-bond acceptors (Lipinski definition) is 4. The van der Waals surface area contributed by atoms with E-state index in [0.29, 0.717) is 25.4 Å². The molecule has 1 aliphatic rings. The van der Waals surface area contributed by atoms with Crippen LogP contribution < -0.4 is 10.6 Å². The van der Waals surface area contributed by atoms with Crippen LogP contribution in [0.5, 0.6) is 0 Å². The van der Waals surface area contributed by atoms with Gasteiger partial charge in [-0.05, 0) is 5.56 Å². The van der Waals surface area contributed by atoms with Crippen molar-refractivity contribution in [1.82, 2.24) is 10.6 Å². The number of rotatable bonds is 5. The SMILES string of the molecule is O=C(NCC1COCCO1)N[C@H](C(=O)O)c1ccccc1. The number of benzene rings is 1. The molecule has 1 aliphatic heterocycles. The number of urea groups is 1. The molecule has 0 aromatic heterocycles. The van der Waals surface area contributed by atoms with Crippen molar-refractivity contribution in [3.8, 4) is 0 Å². The molecule has 7 nitrogen and oxygen atoms in total. The Morgan fingerprint density at radius 3 is 2.67 bits per heavy atom. The number of carboxylic acids is 1. The van der Waals surface area contributed by atoms with Crippen LogP contribution in [0, 0.1) is 0 Å². The van der Waals surface area contributed by atoms with E-state index in [4.69, 9.17) is 9.47 Å². The van der Waals surface area contributed by atoms with E-state index in [2.05, 4.69) is 10.6 Å². The molecule has 2 rings (SSSR count). The van der Waals surface area contributed by atoms with E-state index in [-0.39, 0.29) is 12.6 Å². The minimum atomic E-state index is -1.12. The molecule has 21 heavy (non-hydrogen) atoms. The van der Waals surface area contributed by atoms with E-state index in [9.17, 15) is 14.7 Å². The molecule has 3 N–H and O–H groups in total. The quantitative estimate of drug-likeness (QED) is 0.736. The number of carboxylic acid groups (broad SMARTS) is 1. The molecule has 2 amide bonds. The Hall–Kier alpha value is -2.12. The number of amides is 2. The fraction of sp³-hybridized carbons (Fsp3) is 0.429. The number of ether oxygens (including phenoxy) is 2. The van der Waals surface area contributed by atoms with Gasteiger partial charge in [0.2, 0.25) is 0 Å². The van der Waals surface area contributed by atoms with Gasteiger partial charge in [0.1, 0.15) is 0 Å². The number of carbonyl (C=O) groups is 2. The molecule has 0 bridgehead atoms. The Labute approximate surface area is 122 Å².